The number of allylic oxidation sites excluding steroid dienone is 2. The highest BCUT2D eigenvalue weighted by atomic mass is 32.2. The lowest BCUT2D eigenvalue weighted by atomic mass is 9.82. The fraction of sp³-hybridized carbons (Fsp3) is 0.238. The highest BCUT2D eigenvalue weighted by Crippen LogP contribution is 2.48. The molecule has 1 amide bonds. The fourth-order valence-corrected chi connectivity index (χ4v) is 6.02. The SMILES string of the molecule is NS(=O)(=O)c1cccc(NS(=O)(=O)c2ccc(NC(=O)[C@@H]3C4C=CC(C4)[C@@H]3C(=O)O)cc2)c1. The summed E-state index contributed by atoms with van der Waals surface area (Å²) in [6.45, 7) is 0. The number of hydrogen-bond acceptors (Lipinski definition) is 6. The van der Waals surface area contributed by atoms with Crippen LogP contribution in [0.25, 0.3) is 0 Å². The fourth-order valence-electron chi connectivity index (χ4n) is 4.41. The van der Waals surface area contributed by atoms with Crippen molar-refractivity contribution in [3.05, 3.63) is 60.7 Å². The van der Waals surface area contributed by atoms with Crippen molar-refractivity contribution in [1.29, 1.82) is 0 Å². The van der Waals surface area contributed by atoms with Crippen molar-refractivity contribution in [3.8, 4) is 0 Å². The summed E-state index contributed by atoms with van der Waals surface area (Å²) < 4.78 is 50.5. The molecule has 0 spiro atoms. The molecule has 1 fully saturated rings. The van der Waals surface area contributed by atoms with Gasteiger partial charge in [0.2, 0.25) is 15.9 Å². The molecule has 0 heterocycles. The topological polar surface area (TPSA) is 173 Å². The Balaban J connectivity index is 1.47. The Kier molecular flexibility index (Phi) is 5.76. The van der Waals surface area contributed by atoms with Crippen molar-refractivity contribution in [1.82, 2.24) is 0 Å². The molecule has 0 aliphatic heterocycles. The van der Waals surface area contributed by atoms with Crippen LogP contribution in [-0.2, 0) is 29.6 Å². The number of aliphatic carboxylic acids is 1. The zero-order chi connectivity index (χ0) is 24.0. The van der Waals surface area contributed by atoms with Crippen LogP contribution in [0.4, 0.5) is 11.4 Å². The van der Waals surface area contributed by atoms with Crippen molar-refractivity contribution in [2.24, 2.45) is 28.8 Å². The molecule has 0 aromatic heterocycles. The summed E-state index contributed by atoms with van der Waals surface area (Å²) in [5, 5.41) is 17.2. The minimum atomic E-state index is -4.05. The molecule has 2 aliphatic rings. The highest BCUT2D eigenvalue weighted by Gasteiger charge is 2.51. The van der Waals surface area contributed by atoms with Crippen LogP contribution in [0.15, 0.2) is 70.5 Å². The van der Waals surface area contributed by atoms with E-state index in [1.807, 2.05) is 12.2 Å². The Morgan fingerprint density at radius 1 is 0.879 bits per heavy atom. The number of nitrogens with two attached hydrogens (primary N) is 1. The van der Waals surface area contributed by atoms with Gasteiger partial charge >= 0.3 is 5.97 Å². The maximum absolute atomic E-state index is 12.8. The van der Waals surface area contributed by atoms with Crippen molar-refractivity contribution < 1.29 is 31.5 Å². The number of hydrogen-bond donors (Lipinski definition) is 4. The lowest BCUT2D eigenvalue weighted by molar-refractivity contribution is -0.146. The molecule has 33 heavy (non-hydrogen) atoms. The third-order valence-corrected chi connectivity index (χ3v) is 8.20. The van der Waals surface area contributed by atoms with Gasteiger partial charge in [-0.3, -0.25) is 14.3 Å². The standard InChI is InChI=1S/C21H21N3O7S2/c22-32(28,29)17-3-1-2-15(11-17)24-33(30,31)16-8-6-14(7-9-16)23-20(25)18-12-4-5-13(10-12)19(18)21(26)27/h1-9,11-13,18-19,24H,10H2,(H,23,25)(H,26,27)(H2,22,28,29)/t12?,13?,18-,19+/m1/s1. The number of amides is 1. The number of rotatable bonds is 7. The number of carboxylic acids is 1. The van der Waals surface area contributed by atoms with Crippen molar-refractivity contribution >= 4 is 43.3 Å². The molecule has 5 N–H and O–H groups in total. The van der Waals surface area contributed by atoms with Crippen LogP contribution in [0.3, 0.4) is 0 Å². The Bertz CT molecular complexity index is 1350. The number of benzene rings is 2. The molecule has 1 saturated carbocycles. The van der Waals surface area contributed by atoms with Gasteiger partial charge in [0.05, 0.1) is 27.3 Å². The zero-order valence-corrected chi connectivity index (χ0v) is 18.7. The van der Waals surface area contributed by atoms with Gasteiger partial charge < -0.3 is 10.4 Å². The maximum atomic E-state index is 12.8. The van der Waals surface area contributed by atoms with E-state index in [0.717, 1.165) is 6.07 Å². The van der Waals surface area contributed by atoms with Crippen LogP contribution < -0.4 is 15.2 Å². The lowest BCUT2D eigenvalue weighted by Gasteiger charge is -2.23. The van der Waals surface area contributed by atoms with Gasteiger partial charge in [-0.15, -0.1) is 0 Å². The van der Waals surface area contributed by atoms with Gasteiger partial charge in [0, 0.05) is 5.69 Å². The van der Waals surface area contributed by atoms with Crippen molar-refractivity contribution in [2.45, 2.75) is 16.2 Å². The summed E-state index contributed by atoms with van der Waals surface area (Å²) in [4.78, 5) is 24.0. The average molecular weight is 492 g/mol. The van der Waals surface area contributed by atoms with Gasteiger partial charge in [0.1, 0.15) is 0 Å². The summed E-state index contributed by atoms with van der Waals surface area (Å²) in [7, 11) is -8.05. The first-order chi connectivity index (χ1) is 15.5. The number of fused-ring (bicyclic) bond motifs is 2. The molecular formula is C21H21N3O7S2. The summed E-state index contributed by atoms with van der Waals surface area (Å²) >= 11 is 0. The van der Waals surface area contributed by atoms with Crippen molar-refractivity contribution in [2.75, 3.05) is 10.0 Å². The molecule has 2 unspecified atom stereocenters. The van der Waals surface area contributed by atoms with Gasteiger partial charge in [-0.2, -0.15) is 0 Å². The second-order valence-corrected chi connectivity index (χ2v) is 11.3. The van der Waals surface area contributed by atoms with E-state index in [2.05, 4.69) is 10.0 Å². The molecule has 0 saturated heterocycles. The van der Waals surface area contributed by atoms with Crippen LogP contribution in [0.5, 0.6) is 0 Å². The highest BCUT2D eigenvalue weighted by molar-refractivity contribution is 7.92. The summed E-state index contributed by atoms with van der Waals surface area (Å²) in [5.74, 6) is -3.19. The Labute approximate surface area is 190 Å². The number of primary sulfonamides is 1. The molecule has 0 radical (unpaired) electrons. The van der Waals surface area contributed by atoms with E-state index < -0.39 is 43.8 Å². The minimum absolute atomic E-state index is 0.0166. The second kappa shape index (κ2) is 8.28. The van der Waals surface area contributed by atoms with Gasteiger partial charge in [-0.1, -0.05) is 18.2 Å². The third kappa shape index (κ3) is 4.63. The van der Waals surface area contributed by atoms with E-state index in [9.17, 15) is 31.5 Å². The van der Waals surface area contributed by atoms with Crippen LogP contribution >= 0.6 is 0 Å². The second-order valence-electron chi connectivity index (χ2n) is 8.03. The van der Waals surface area contributed by atoms with Crippen LogP contribution in [0.1, 0.15) is 6.42 Å². The van der Waals surface area contributed by atoms with Crippen LogP contribution in [0.2, 0.25) is 0 Å². The van der Waals surface area contributed by atoms with E-state index in [0.29, 0.717) is 12.1 Å². The molecule has 174 valence electrons. The Morgan fingerprint density at radius 3 is 2.12 bits per heavy atom. The normalized spacial score (nSPS) is 23.9. The molecule has 2 aromatic rings. The van der Waals surface area contributed by atoms with Crippen LogP contribution in [-0.4, -0.2) is 33.8 Å². The van der Waals surface area contributed by atoms with Gasteiger partial charge in [0.25, 0.3) is 10.0 Å². The predicted molar refractivity (Wildman–Crippen MR) is 119 cm³/mol. The summed E-state index contributed by atoms with van der Waals surface area (Å²) in [6, 6.07) is 10.4. The number of carboxylic acid groups (broad SMARTS) is 1. The number of nitrogens with one attached hydrogen (secondary N) is 2. The van der Waals surface area contributed by atoms with Crippen molar-refractivity contribution in [3.63, 3.8) is 0 Å². The predicted octanol–water partition coefficient (Wildman–Crippen LogP) is 1.60. The zero-order valence-electron chi connectivity index (χ0n) is 17.1. The molecular weight excluding hydrogens is 470 g/mol. The first-order valence-electron chi connectivity index (χ1n) is 9.93. The number of sulfonamides is 2. The van der Waals surface area contributed by atoms with Gasteiger partial charge in [-0.05, 0) is 60.7 Å². The van der Waals surface area contributed by atoms with E-state index in [1.165, 1.54) is 42.5 Å². The molecule has 4 rings (SSSR count). The molecule has 4 atom stereocenters. The van der Waals surface area contributed by atoms with E-state index in [1.54, 1.807) is 0 Å². The Hall–Kier alpha value is -3.22. The summed E-state index contributed by atoms with van der Waals surface area (Å²) in [5.41, 5.74) is 0.342. The van der Waals surface area contributed by atoms with Crippen LogP contribution in [0, 0.1) is 23.7 Å². The number of carbonyl (C=O) groups excluding carboxylic acids is 1. The summed E-state index contributed by atoms with van der Waals surface area (Å²) in [6.07, 6.45) is 4.35. The maximum Gasteiger partial charge on any atom is 0.307 e. The monoisotopic (exact) mass is 491 g/mol. The van der Waals surface area contributed by atoms with E-state index in [4.69, 9.17) is 5.14 Å². The first kappa shape index (κ1) is 23.0. The average Bonchev–Trinajstić information content (AvgIpc) is 3.35. The molecule has 2 bridgehead atoms. The van der Waals surface area contributed by atoms with Gasteiger partial charge in [0.15, 0.2) is 0 Å². The molecule has 2 aliphatic carbocycles. The minimum Gasteiger partial charge on any atom is -0.481 e. The molecule has 10 nitrogen and oxygen atoms in total. The lowest BCUT2D eigenvalue weighted by Crippen LogP contribution is -2.36. The number of carbonyl (C=O) groups is 2. The quantitative estimate of drug-likeness (QED) is 0.426. The third-order valence-electron chi connectivity index (χ3n) is 5.89. The molecule has 2 aromatic carbocycles. The molecule has 12 heteroatoms. The number of anilines is 2. The first-order valence-corrected chi connectivity index (χ1v) is 13.0. The van der Waals surface area contributed by atoms with E-state index >= 15 is 0 Å². The van der Waals surface area contributed by atoms with E-state index in [-0.39, 0.29) is 27.3 Å². The van der Waals surface area contributed by atoms with Gasteiger partial charge in [-0.25, -0.2) is 22.0 Å². The Morgan fingerprint density at radius 2 is 1.52 bits per heavy atom. The smallest absolute Gasteiger partial charge is 0.307 e. The largest absolute Gasteiger partial charge is 0.481 e.